The summed E-state index contributed by atoms with van der Waals surface area (Å²) in [6.45, 7) is 22.8. The lowest BCUT2D eigenvalue weighted by atomic mass is 10.1. The molecule has 135 heavy (non-hydrogen) atoms. The second-order valence-electron chi connectivity index (χ2n) is 34.6. The number of anilines is 5. The van der Waals surface area contributed by atoms with Crippen LogP contribution in [0.15, 0.2) is 289 Å². The summed E-state index contributed by atoms with van der Waals surface area (Å²) in [6, 6.07) is 60.9. The van der Waals surface area contributed by atoms with E-state index in [1.165, 1.54) is 0 Å². The lowest BCUT2D eigenvalue weighted by Crippen LogP contribution is -2.49. The van der Waals surface area contributed by atoms with E-state index in [0.717, 1.165) is 208 Å². The van der Waals surface area contributed by atoms with Crippen LogP contribution in [0.3, 0.4) is 0 Å². The van der Waals surface area contributed by atoms with Crippen molar-refractivity contribution in [2.45, 2.75) is 26.3 Å². The molecule has 5 saturated heterocycles. The SMILES string of the molecule is CN1CCN(c2ccc3cc(-c4cc5ccccn5n4)c(=O)oc3c2)CC1.C[C@H]1CN(c2ccc3cc(-c4cn5cccc(Cl)c5n4)c(=O)oc3c2)CCN1.Cc1csc2nc(-c3cc4ccc(N5CCN(C)CC5)cc4oc3=O)cn12.O=c1oc2cc(N3CCCNCC3)ccc2cc1-c1cn2cccnc2n1.O=c1oc2cc(N3CCNCC3)ccc2cc1-c1cc2ccccn2n1. The van der Waals surface area contributed by atoms with Crippen LogP contribution in [0.4, 0.5) is 28.4 Å². The van der Waals surface area contributed by atoms with E-state index < -0.39 is 5.63 Å². The highest BCUT2D eigenvalue weighted by Gasteiger charge is 2.25. The molecule has 5 aliphatic heterocycles. The zero-order valence-electron chi connectivity index (χ0n) is 74.7. The number of hydrogen-bond acceptors (Lipinski definition) is 27. The Hall–Kier alpha value is -14.9. The Balaban J connectivity index is 0.000000101. The average Bonchev–Trinajstić information content (AvgIpc) is 1.66. The molecule has 682 valence electrons. The molecule has 1 atom stereocenters. The van der Waals surface area contributed by atoms with E-state index >= 15 is 0 Å². The number of hydrogen-bond donors (Lipinski definition) is 3. The van der Waals surface area contributed by atoms with Crippen LogP contribution in [0.5, 0.6) is 0 Å². The molecular weight excluding hydrogens is 1750 g/mol. The van der Waals surface area contributed by atoms with E-state index in [0.29, 0.717) is 107 Å². The number of likely N-dealkylation sites (N-methyl/N-ethyl adjacent to an activating group) is 2. The van der Waals surface area contributed by atoms with Crippen LogP contribution in [0.25, 0.3) is 139 Å². The lowest BCUT2D eigenvalue weighted by Gasteiger charge is -2.34. The average molecular weight is 1840 g/mol. The summed E-state index contributed by atoms with van der Waals surface area (Å²) >= 11 is 7.77. The Morgan fingerprint density at radius 1 is 0.393 bits per heavy atom. The minimum Gasteiger partial charge on any atom is -0.422 e. The van der Waals surface area contributed by atoms with Gasteiger partial charge in [0.1, 0.15) is 39.3 Å². The molecule has 5 aliphatic rings. The van der Waals surface area contributed by atoms with Gasteiger partial charge in [-0.1, -0.05) is 23.7 Å². The van der Waals surface area contributed by atoms with E-state index in [4.69, 9.17) is 33.7 Å². The molecule has 0 bridgehead atoms. The zero-order valence-corrected chi connectivity index (χ0v) is 76.3. The third kappa shape index (κ3) is 18.5. The van der Waals surface area contributed by atoms with E-state index in [2.05, 4.69) is 137 Å². The maximum absolute atomic E-state index is 12.7. The third-order valence-electron chi connectivity index (χ3n) is 25.4. The van der Waals surface area contributed by atoms with Crippen molar-refractivity contribution in [3.8, 4) is 56.3 Å². The van der Waals surface area contributed by atoms with Gasteiger partial charge in [0.25, 0.3) is 0 Å². The number of thiazole rings is 1. The van der Waals surface area contributed by atoms with Crippen LogP contribution in [-0.4, -0.2) is 207 Å². The van der Waals surface area contributed by atoms with Crippen molar-refractivity contribution in [3.05, 3.63) is 306 Å². The molecule has 20 heterocycles. The molecule has 0 aliphatic carbocycles. The van der Waals surface area contributed by atoms with E-state index in [9.17, 15) is 24.0 Å². The Morgan fingerprint density at radius 3 is 1.26 bits per heavy atom. The predicted molar refractivity (Wildman–Crippen MR) is 533 cm³/mol. The van der Waals surface area contributed by atoms with Crippen molar-refractivity contribution in [1.82, 2.24) is 78.1 Å². The van der Waals surface area contributed by atoms with Crippen LogP contribution in [0.1, 0.15) is 19.0 Å². The number of fused-ring (bicyclic) bond motifs is 10. The highest BCUT2D eigenvalue weighted by molar-refractivity contribution is 7.15. The molecule has 31 nitrogen and oxygen atoms in total. The maximum Gasteiger partial charge on any atom is 0.345 e. The van der Waals surface area contributed by atoms with Gasteiger partial charge < -0.3 is 76.7 Å². The summed E-state index contributed by atoms with van der Waals surface area (Å²) in [5.74, 6) is 0.553. The van der Waals surface area contributed by atoms with Gasteiger partial charge in [-0.3, -0.25) is 8.80 Å². The number of piperazine rings is 4. The molecule has 33 heteroatoms. The minimum atomic E-state index is -0.405. The largest absolute Gasteiger partial charge is 0.422 e. The number of benzene rings is 5. The number of aryl methyl sites for hydroxylation is 1. The second kappa shape index (κ2) is 37.6. The molecular formula is C102H96ClN21O10S. The Morgan fingerprint density at radius 2 is 0.807 bits per heavy atom. The van der Waals surface area contributed by atoms with E-state index in [1.54, 1.807) is 53.8 Å². The third-order valence-corrected chi connectivity index (χ3v) is 26.7. The number of nitrogens with one attached hydrogen (secondary N) is 3. The van der Waals surface area contributed by atoms with Crippen LogP contribution in [0.2, 0.25) is 5.02 Å². The first-order chi connectivity index (χ1) is 65.9. The molecule has 20 aromatic rings. The molecule has 15 aromatic heterocycles. The summed E-state index contributed by atoms with van der Waals surface area (Å²) in [4.78, 5) is 97.8. The fourth-order valence-electron chi connectivity index (χ4n) is 17.9. The van der Waals surface area contributed by atoms with Gasteiger partial charge in [-0.25, -0.2) is 52.9 Å². The molecule has 0 amide bonds. The Kier molecular flexibility index (Phi) is 24.2. The predicted octanol–water partition coefficient (Wildman–Crippen LogP) is 14.5. The molecule has 5 fully saturated rings. The van der Waals surface area contributed by atoms with Gasteiger partial charge in [0.2, 0.25) is 5.78 Å². The molecule has 0 saturated carbocycles. The monoisotopic (exact) mass is 1840 g/mol. The number of imidazole rings is 3. The van der Waals surface area contributed by atoms with Gasteiger partial charge in [-0.2, -0.15) is 10.2 Å². The minimum absolute atomic E-state index is 0.346. The zero-order chi connectivity index (χ0) is 91.9. The van der Waals surface area contributed by atoms with Crippen molar-refractivity contribution >= 4 is 134 Å². The van der Waals surface area contributed by atoms with Crippen molar-refractivity contribution < 1.29 is 22.1 Å². The highest BCUT2D eigenvalue weighted by Crippen LogP contribution is 2.34. The number of rotatable bonds is 10. The standard InChI is InChI=1S/C21H19ClN4O2.C21H20N4O2.C20H19N5O2.C20H20N4O2S.C20H18N4O2/c1-13-11-25(8-6-23-13)15-5-4-14-9-16(21(27)28-19(14)10-15)18-12-26-7-2-3-17(22)20(26)24-18;1-23-8-10-24(11-9-23)16-6-5-15-12-18(21(26)27-20(15)14-16)19-13-17-4-2-3-7-25(17)22-19;26-19-16(17-13-25-9-2-6-22-20(25)23-17)11-14-3-4-15(12-18(14)27-19)24-8-1-5-21-7-10-24;1-13-12-27-20-21-17(11-24(13)20)16-9-14-3-4-15(10-18(14)26-19(16)25)23-7-5-22(2)6-8-23;25-20-17(18-12-16-3-1-2-8-24(16)22-18)11-14-4-5-15(13-19(14)26-20)23-9-6-21-7-10-23/h2-5,7,9-10,12-13,23H,6,8,11H2,1H3;2-7,12-14H,8-11H2,1H3;2-4,6,9,11-13,21H,1,5,7-8,10H2;3-4,9-12H,5-8H2,1-2H3;1-5,8,11-13,21H,6-7,9-10H2/t13-;;;;/m0..../s1. The number of nitrogens with zero attached hydrogens (tertiary/aromatic N) is 18. The Bertz CT molecular complexity index is 8060. The van der Waals surface area contributed by atoms with Crippen LogP contribution >= 0.6 is 22.9 Å². The lowest BCUT2D eigenvalue weighted by molar-refractivity contribution is 0.313. The van der Waals surface area contributed by atoms with Crippen molar-refractivity contribution in [2.24, 2.45) is 0 Å². The smallest absolute Gasteiger partial charge is 0.345 e. The van der Waals surface area contributed by atoms with Crippen LogP contribution in [-0.2, 0) is 0 Å². The molecule has 5 aromatic carbocycles. The maximum atomic E-state index is 12.7. The van der Waals surface area contributed by atoms with E-state index in [1.807, 2.05) is 194 Å². The van der Waals surface area contributed by atoms with Crippen LogP contribution in [0, 0.1) is 6.92 Å². The topological polar surface area (TPSA) is 309 Å². The van der Waals surface area contributed by atoms with Gasteiger partial charge in [0, 0.05) is 270 Å². The molecule has 25 rings (SSSR count). The highest BCUT2D eigenvalue weighted by atomic mass is 35.5. The quantitative estimate of drug-likeness (QED) is 0.107. The molecule has 0 spiro atoms. The van der Waals surface area contributed by atoms with Gasteiger partial charge in [-0.05, 0) is 187 Å². The summed E-state index contributed by atoms with van der Waals surface area (Å²) in [6.07, 6.45) is 15.7. The first-order valence-corrected chi connectivity index (χ1v) is 46.6. The van der Waals surface area contributed by atoms with Gasteiger partial charge in [0.15, 0.2) is 10.6 Å². The summed E-state index contributed by atoms with van der Waals surface area (Å²) in [5.41, 5.74) is 15.6. The Labute approximate surface area is 780 Å². The van der Waals surface area contributed by atoms with Gasteiger partial charge in [0.05, 0.1) is 61.0 Å². The first-order valence-electron chi connectivity index (χ1n) is 45.3. The fraction of sp³-hybridized carbons (Fsp3) is 0.245. The van der Waals surface area contributed by atoms with Crippen LogP contribution < -0.4 is 68.6 Å². The van der Waals surface area contributed by atoms with Gasteiger partial charge >= 0.3 is 28.1 Å². The van der Waals surface area contributed by atoms with Crippen molar-refractivity contribution in [2.75, 3.05) is 163 Å². The summed E-state index contributed by atoms with van der Waals surface area (Å²) in [5, 5.41) is 26.2. The number of aromatic nitrogens is 11. The number of halogens is 1. The van der Waals surface area contributed by atoms with Crippen molar-refractivity contribution in [3.63, 3.8) is 0 Å². The normalized spacial score (nSPS) is 15.9. The molecule has 0 radical (unpaired) electrons. The van der Waals surface area contributed by atoms with Gasteiger partial charge in [-0.15, -0.1) is 11.3 Å². The first kappa shape index (κ1) is 86.8. The van der Waals surface area contributed by atoms with Crippen molar-refractivity contribution in [1.29, 1.82) is 0 Å². The fourth-order valence-corrected chi connectivity index (χ4v) is 19.0. The summed E-state index contributed by atoms with van der Waals surface area (Å²) < 4.78 is 37.3. The second-order valence-corrected chi connectivity index (χ2v) is 35.8. The summed E-state index contributed by atoms with van der Waals surface area (Å²) in [7, 11) is 4.28. The van der Waals surface area contributed by atoms with E-state index in [-0.39, 0.29) is 22.5 Å². The molecule has 3 N–H and O–H groups in total. The molecule has 0 unspecified atom stereocenters. The number of pyridine rings is 3.